The van der Waals surface area contributed by atoms with E-state index in [-0.39, 0.29) is 5.41 Å². The van der Waals surface area contributed by atoms with E-state index in [1.54, 1.807) is 0 Å². The average molecular weight is 1170 g/mol. The number of nitrogens with zero attached hydrogens (tertiary/aromatic N) is 2. The zero-order valence-corrected chi connectivity index (χ0v) is 54.0. The van der Waals surface area contributed by atoms with Crippen LogP contribution < -0.4 is 9.80 Å². The summed E-state index contributed by atoms with van der Waals surface area (Å²) in [6.45, 7) is 9.12. The highest BCUT2D eigenvalue weighted by atomic mass is 15.1. The van der Waals surface area contributed by atoms with Gasteiger partial charge in [-0.2, -0.15) is 0 Å². The monoisotopic (exact) mass is 1170 g/mol. The Kier molecular flexibility index (Phi) is 22.0. The molecule has 10 aromatic carbocycles. The maximum atomic E-state index is 2.44. The van der Waals surface area contributed by atoms with Gasteiger partial charge in [-0.15, -0.1) is 0 Å². The number of aryl methyl sites for hydroxylation is 4. The molecule has 0 amide bonds. The van der Waals surface area contributed by atoms with Gasteiger partial charge in [0, 0.05) is 39.5 Å². The Labute approximate surface area is 535 Å². The summed E-state index contributed by atoms with van der Waals surface area (Å²) in [5.41, 5.74) is 25.3. The van der Waals surface area contributed by atoms with E-state index in [4.69, 9.17) is 0 Å². The van der Waals surface area contributed by atoms with Crippen LogP contribution in [-0.4, -0.2) is 0 Å². The van der Waals surface area contributed by atoms with Crippen LogP contribution in [0.3, 0.4) is 0 Å². The van der Waals surface area contributed by atoms with E-state index in [9.17, 15) is 0 Å². The van der Waals surface area contributed by atoms with Crippen LogP contribution >= 0.6 is 0 Å². The normalized spacial score (nSPS) is 12.8. The lowest BCUT2D eigenvalue weighted by Crippen LogP contribution is -2.24. The molecule has 0 radical (unpaired) electrons. The van der Waals surface area contributed by atoms with Crippen molar-refractivity contribution in [3.8, 4) is 44.5 Å². The van der Waals surface area contributed by atoms with Gasteiger partial charge in [0.2, 0.25) is 0 Å². The molecular weight excluding hydrogens is 1070 g/mol. The van der Waals surface area contributed by atoms with Crippen molar-refractivity contribution in [2.45, 2.75) is 174 Å². The van der Waals surface area contributed by atoms with Crippen LogP contribution in [0.1, 0.15) is 177 Å². The summed E-state index contributed by atoms with van der Waals surface area (Å²) in [6, 6.07) is 93.1. The van der Waals surface area contributed by atoms with Gasteiger partial charge >= 0.3 is 0 Å². The number of hydrogen-bond donors (Lipinski definition) is 0. The fraction of sp³-hybridized carbons (Fsp3) is 0.310. The van der Waals surface area contributed by atoms with Crippen molar-refractivity contribution in [3.63, 3.8) is 0 Å². The third kappa shape index (κ3) is 15.8. The van der Waals surface area contributed by atoms with Crippen molar-refractivity contribution in [1.82, 2.24) is 0 Å². The van der Waals surface area contributed by atoms with Gasteiger partial charge in [0.1, 0.15) is 0 Å². The second-order valence-corrected chi connectivity index (χ2v) is 25.6. The summed E-state index contributed by atoms with van der Waals surface area (Å²) in [6.07, 6.45) is 27.2. The standard InChI is InChI=1S/C87H96N2/c1-5-9-13-17-23-69-29-37-73(38-30-69)77-45-57-83(58-46-77)88(81-53-41-75(42-54-81)71-33-25-67(26-34-71)21-15-11-7-3)85-61-49-79(50-62-85)87(65-19-20-66-87)80-51-63-86(64-52-80)89(82-55-43-76(44-56-82)72-35-27-68(28-36-72)22-16-12-8-4)84-59-47-78(48-60-84)74-39-31-70(32-40-74)24-18-14-10-6-2/h25-64H,5-24,65-66H2,1-4H3. The third-order valence-corrected chi connectivity index (χ3v) is 19.2. The molecular formula is C87H96N2. The topological polar surface area (TPSA) is 6.48 Å². The minimum atomic E-state index is -0.0769. The smallest absolute Gasteiger partial charge is 0.0462 e. The SMILES string of the molecule is CCCCCCc1ccc(-c2ccc(N(c3ccc(-c4ccc(CCCCC)cc4)cc3)c3ccc(C4(c5ccc(N(c6ccc(-c7ccc(CCCCC)cc7)cc6)c6ccc(-c7ccc(CCCCCC)cc7)cc6)cc5)CCCC4)cc3)cc2)cc1. The highest BCUT2D eigenvalue weighted by molar-refractivity contribution is 5.82. The molecule has 1 aliphatic carbocycles. The number of unbranched alkanes of at least 4 members (excludes halogenated alkanes) is 10. The van der Waals surface area contributed by atoms with Crippen LogP contribution in [-0.2, 0) is 31.1 Å². The molecule has 2 heteroatoms. The molecule has 1 aliphatic rings. The zero-order valence-electron chi connectivity index (χ0n) is 54.0. The Morgan fingerprint density at radius 3 is 0.640 bits per heavy atom. The van der Waals surface area contributed by atoms with E-state index in [1.807, 2.05) is 0 Å². The van der Waals surface area contributed by atoms with E-state index in [0.717, 1.165) is 72.6 Å². The second-order valence-electron chi connectivity index (χ2n) is 25.6. The Balaban J connectivity index is 0.878. The Morgan fingerprint density at radius 2 is 0.416 bits per heavy atom. The Hall–Kier alpha value is -8.20. The van der Waals surface area contributed by atoms with Crippen molar-refractivity contribution in [2.75, 3.05) is 9.80 Å². The van der Waals surface area contributed by atoms with Gasteiger partial charge in [-0.1, -0.05) is 275 Å². The summed E-state index contributed by atoms with van der Waals surface area (Å²) in [5.74, 6) is 0. The zero-order chi connectivity index (χ0) is 61.0. The van der Waals surface area contributed by atoms with Crippen molar-refractivity contribution in [1.29, 1.82) is 0 Å². The highest BCUT2D eigenvalue weighted by Crippen LogP contribution is 2.49. The van der Waals surface area contributed by atoms with Gasteiger partial charge in [-0.25, -0.2) is 0 Å². The van der Waals surface area contributed by atoms with E-state index in [0.29, 0.717) is 0 Å². The second kappa shape index (κ2) is 31.3. The van der Waals surface area contributed by atoms with E-state index >= 15 is 0 Å². The molecule has 0 spiro atoms. The molecule has 1 fully saturated rings. The fourth-order valence-electron chi connectivity index (χ4n) is 13.8. The lowest BCUT2D eigenvalue weighted by molar-refractivity contribution is 0.535. The van der Waals surface area contributed by atoms with Gasteiger partial charge in [0.05, 0.1) is 0 Å². The molecule has 10 aromatic rings. The molecule has 1 saturated carbocycles. The summed E-state index contributed by atoms with van der Waals surface area (Å²) in [4.78, 5) is 4.88. The van der Waals surface area contributed by atoms with Crippen molar-refractivity contribution in [3.05, 3.63) is 276 Å². The predicted molar refractivity (Wildman–Crippen MR) is 385 cm³/mol. The number of rotatable bonds is 30. The lowest BCUT2D eigenvalue weighted by atomic mass is 9.73. The van der Waals surface area contributed by atoms with Crippen LogP contribution in [0, 0.1) is 0 Å². The average Bonchev–Trinajstić information content (AvgIpc) is 2.22. The number of hydrogen-bond acceptors (Lipinski definition) is 2. The first kappa shape index (κ1) is 62.4. The minimum absolute atomic E-state index is 0.0769. The minimum Gasteiger partial charge on any atom is -0.311 e. The maximum Gasteiger partial charge on any atom is 0.0462 e. The third-order valence-electron chi connectivity index (χ3n) is 19.2. The first-order valence-electron chi connectivity index (χ1n) is 34.5. The lowest BCUT2D eigenvalue weighted by Gasteiger charge is -2.33. The number of anilines is 6. The van der Waals surface area contributed by atoms with E-state index in [1.165, 1.54) is 181 Å². The van der Waals surface area contributed by atoms with Gasteiger partial charge < -0.3 is 9.80 Å². The quantitative estimate of drug-likeness (QED) is 0.0414. The molecule has 454 valence electrons. The van der Waals surface area contributed by atoms with E-state index < -0.39 is 0 Å². The van der Waals surface area contributed by atoms with Crippen molar-refractivity contribution in [2.24, 2.45) is 0 Å². The molecule has 2 nitrogen and oxygen atoms in total. The summed E-state index contributed by atoms with van der Waals surface area (Å²) in [5, 5.41) is 0. The molecule has 0 unspecified atom stereocenters. The number of benzene rings is 10. The van der Waals surface area contributed by atoms with Crippen LogP contribution in [0.4, 0.5) is 34.1 Å². The van der Waals surface area contributed by atoms with Gasteiger partial charge in [0.25, 0.3) is 0 Å². The molecule has 0 saturated heterocycles. The van der Waals surface area contributed by atoms with Crippen LogP contribution in [0.2, 0.25) is 0 Å². The Morgan fingerprint density at radius 1 is 0.225 bits per heavy atom. The highest BCUT2D eigenvalue weighted by Gasteiger charge is 2.37. The molecule has 0 heterocycles. The molecule has 0 bridgehead atoms. The summed E-state index contributed by atoms with van der Waals surface area (Å²) < 4.78 is 0. The van der Waals surface area contributed by atoms with Crippen molar-refractivity contribution < 1.29 is 0 Å². The van der Waals surface area contributed by atoms with Crippen LogP contribution in [0.5, 0.6) is 0 Å². The molecule has 0 atom stereocenters. The van der Waals surface area contributed by atoms with Crippen LogP contribution in [0.25, 0.3) is 44.5 Å². The van der Waals surface area contributed by atoms with Gasteiger partial charge in [-0.3, -0.25) is 0 Å². The fourth-order valence-corrected chi connectivity index (χ4v) is 13.8. The molecule has 11 rings (SSSR count). The molecule has 0 N–H and O–H groups in total. The summed E-state index contributed by atoms with van der Waals surface area (Å²) in [7, 11) is 0. The molecule has 89 heavy (non-hydrogen) atoms. The first-order valence-corrected chi connectivity index (χ1v) is 34.5. The Bertz CT molecular complexity index is 3440. The van der Waals surface area contributed by atoms with Crippen molar-refractivity contribution >= 4 is 34.1 Å². The van der Waals surface area contributed by atoms with Gasteiger partial charge in [-0.05, 0) is 215 Å². The maximum absolute atomic E-state index is 2.44. The predicted octanol–water partition coefficient (Wildman–Crippen LogP) is 25.9. The van der Waals surface area contributed by atoms with E-state index in [2.05, 4.69) is 280 Å². The largest absolute Gasteiger partial charge is 0.311 e. The molecule has 0 aliphatic heterocycles. The van der Waals surface area contributed by atoms with Crippen LogP contribution in [0.15, 0.2) is 243 Å². The first-order chi connectivity index (χ1) is 43.9. The van der Waals surface area contributed by atoms with Gasteiger partial charge in [0.15, 0.2) is 0 Å². The summed E-state index contributed by atoms with van der Waals surface area (Å²) >= 11 is 0. The molecule has 0 aromatic heterocycles.